The van der Waals surface area contributed by atoms with Crippen molar-refractivity contribution < 1.29 is 17.6 Å². The fourth-order valence-electron chi connectivity index (χ4n) is 2.87. The molecule has 24 heavy (non-hydrogen) atoms. The lowest BCUT2D eigenvalue weighted by molar-refractivity contribution is 0.0954. The number of rotatable bonds is 4. The van der Waals surface area contributed by atoms with E-state index >= 15 is 0 Å². The van der Waals surface area contributed by atoms with Crippen LogP contribution in [0, 0.1) is 5.82 Å². The van der Waals surface area contributed by atoms with Gasteiger partial charge in [-0.05, 0) is 60.7 Å². The number of amides is 1. The Morgan fingerprint density at radius 2 is 1.88 bits per heavy atom. The van der Waals surface area contributed by atoms with Gasteiger partial charge < -0.3 is 5.32 Å². The van der Waals surface area contributed by atoms with E-state index in [2.05, 4.69) is 5.32 Å². The van der Waals surface area contributed by atoms with Gasteiger partial charge in [-0.1, -0.05) is 12.1 Å². The molecule has 2 aromatic rings. The number of hydrogen-bond donors (Lipinski definition) is 1. The summed E-state index contributed by atoms with van der Waals surface area (Å²) in [5, 5.41) is 2.78. The number of carbonyl (C=O) groups excluding carboxylic acids is 1. The molecular weight excluding hydrogens is 329 g/mol. The van der Waals surface area contributed by atoms with E-state index in [0.717, 1.165) is 17.5 Å². The summed E-state index contributed by atoms with van der Waals surface area (Å²) >= 11 is 0. The van der Waals surface area contributed by atoms with Gasteiger partial charge in [0, 0.05) is 12.1 Å². The maximum atomic E-state index is 12.8. The summed E-state index contributed by atoms with van der Waals surface area (Å²) in [6.45, 7) is 0.432. The maximum Gasteiger partial charge on any atom is 0.251 e. The molecule has 2 aromatic carbocycles. The quantitative estimate of drug-likeness (QED) is 0.924. The minimum absolute atomic E-state index is 0.215. The summed E-state index contributed by atoms with van der Waals surface area (Å²) in [5.41, 5.74) is 2.27. The topological polar surface area (TPSA) is 63.2 Å². The van der Waals surface area contributed by atoms with Crippen LogP contribution in [0.1, 0.15) is 27.9 Å². The van der Waals surface area contributed by atoms with Crippen LogP contribution in [0.25, 0.3) is 0 Å². The van der Waals surface area contributed by atoms with Gasteiger partial charge in [0.1, 0.15) is 5.82 Å². The van der Waals surface area contributed by atoms with E-state index in [4.69, 9.17) is 0 Å². The molecule has 0 fully saturated rings. The average Bonchev–Trinajstić information content (AvgIpc) is 2.55. The highest BCUT2D eigenvalue weighted by Crippen LogP contribution is 2.25. The van der Waals surface area contributed by atoms with Crippen LogP contribution in [0.2, 0.25) is 0 Å². The minimum Gasteiger partial charge on any atom is -0.352 e. The normalized spacial score (nSPS) is 15.5. The molecule has 1 aliphatic heterocycles. The number of sulfone groups is 1. The predicted octanol–water partition coefficient (Wildman–Crippen LogP) is 2.52. The fourth-order valence-corrected chi connectivity index (χ4v) is 4.45. The first-order valence-corrected chi connectivity index (χ1v) is 9.49. The molecule has 1 N–H and O–H groups in total. The van der Waals surface area contributed by atoms with Crippen LogP contribution in [0.4, 0.5) is 4.39 Å². The highest BCUT2D eigenvalue weighted by Gasteiger charge is 2.23. The third kappa shape index (κ3) is 3.64. The van der Waals surface area contributed by atoms with E-state index in [-0.39, 0.29) is 17.5 Å². The molecule has 6 heteroatoms. The number of halogens is 1. The molecule has 0 aromatic heterocycles. The first-order valence-electron chi connectivity index (χ1n) is 7.84. The molecule has 0 atom stereocenters. The van der Waals surface area contributed by atoms with E-state index < -0.39 is 9.84 Å². The van der Waals surface area contributed by atoms with Crippen LogP contribution >= 0.6 is 0 Å². The van der Waals surface area contributed by atoms with E-state index in [1.165, 1.54) is 24.3 Å². The number of benzene rings is 2. The lowest BCUT2D eigenvalue weighted by Gasteiger charge is -2.17. The lowest BCUT2D eigenvalue weighted by Crippen LogP contribution is -2.25. The van der Waals surface area contributed by atoms with Crippen molar-refractivity contribution in [2.75, 3.05) is 12.3 Å². The maximum absolute atomic E-state index is 12.8. The number of carbonyl (C=O) groups is 1. The minimum atomic E-state index is -3.13. The van der Waals surface area contributed by atoms with Crippen LogP contribution in [0.3, 0.4) is 0 Å². The molecule has 0 spiro atoms. The standard InChI is InChI=1S/C18H18FNO3S/c19-16-6-4-14(5-7-16)18(21)20-10-9-13-3-8-17-15(12-13)2-1-11-24(17,22)23/h3-8,12H,1-2,9-11H2,(H,20,21). The van der Waals surface area contributed by atoms with Gasteiger partial charge >= 0.3 is 0 Å². The zero-order chi connectivity index (χ0) is 17.2. The average molecular weight is 347 g/mol. The van der Waals surface area contributed by atoms with Gasteiger partial charge in [-0.15, -0.1) is 0 Å². The largest absolute Gasteiger partial charge is 0.352 e. The molecule has 4 nitrogen and oxygen atoms in total. The van der Waals surface area contributed by atoms with Gasteiger partial charge in [-0.25, -0.2) is 12.8 Å². The van der Waals surface area contributed by atoms with E-state index in [1.54, 1.807) is 12.1 Å². The predicted molar refractivity (Wildman–Crippen MR) is 89.3 cm³/mol. The Labute approximate surface area is 140 Å². The zero-order valence-corrected chi connectivity index (χ0v) is 13.9. The molecular formula is C18H18FNO3S. The molecule has 1 amide bonds. The molecule has 3 rings (SSSR count). The number of aryl methyl sites for hydroxylation is 1. The van der Waals surface area contributed by atoms with Crippen molar-refractivity contribution in [2.24, 2.45) is 0 Å². The monoisotopic (exact) mass is 347 g/mol. The van der Waals surface area contributed by atoms with Crippen LogP contribution in [-0.2, 0) is 22.7 Å². The third-order valence-corrected chi connectivity index (χ3v) is 6.02. The van der Waals surface area contributed by atoms with Crippen LogP contribution < -0.4 is 5.32 Å². The van der Waals surface area contributed by atoms with Gasteiger partial charge in [0.25, 0.3) is 5.91 Å². The van der Waals surface area contributed by atoms with E-state index in [1.807, 2.05) is 6.07 Å². The van der Waals surface area contributed by atoms with Gasteiger partial charge in [-0.3, -0.25) is 4.79 Å². The van der Waals surface area contributed by atoms with Crippen molar-refractivity contribution in [3.8, 4) is 0 Å². The lowest BCUT2D eigenvalue weighted by atomic mass is 10.0. The Morgan fingerprint density at radius 3 is 2.62 bits per heavy atom. The molecule has 1 heterocycles. The Morgan fingerprint density at radius 1 is 1.12 bits per heavy atom. The smallest absolute Gasteiger partial charge is 0.251 e. The molecule has 0 bridgehead atoms. The van der Waals surface area contributed by atoms with Gasteiger partial charge in [0.15, 0.2) is 9.84 Å². The third-order valence-electron chi connectivity index (χ3n) is 4.12. The van der Waals surface area contributed by atoms with E-state index in [9.17, 15) is 17.6 Å². The van der Waals surface area contributed by atoms with Crippen LogP contribution in [0.5, 0.6) is 0 Å². The summed E-state index contributed by atoms with van der Waals surface area (Å²) < 4.78 is 36.8. The number of fused-ring (bicyclic) bond motifs is 1. The van der Waals surface area contributed by atoms with Crippen molar-refractivity contribution >= 4 is 15.7 Å². The van der Waals surface area contributed by atoms with Crippen LogP contribution in [-0.4, -0.2) is 26.6 Å². The van der Waals surface area contributed by atoms with Gasteiger partial charge in [0.2, 0.25) is 0 Å². The highest BCUT2D eigenvalue weighted by atomic mass is 32.2. The van der Waals surface area contributed by atoms with Crippen LogP contribution in [0.15, 0.2) is 47.4 Å². The van der Waals surface area contributed by atoms with Crippen molar-refractivity contribution in [3.63, 3.8) is 0 Å². The zero-order valence-electron chi connectivity index (χ0n) is 13.1. The Kier molecular flexibility index (Phi) is 4.66. The second-order valence-electron chi connectivity index (χ2n) is 5.88. The molecule has 0 saturated heterocycles. The summed E-state index contributed by atoms with van der Waals surface area (Å²) in [6, 6.07) is 10.8. The molecule has 0 aliphatic carbocycles. The Bertz CT molecular complexity index is 860. The fraction of sp³-hybridized carbons (Fsp3) is 0.278. The number of hydrogen-bond acceptors (Lipinski definition) is 3. The van der Waals surface area contributed by atoms with E-state index in [0.29, 0.717) is 29.8 Å². The van der Waals surface area contributed by atoms with Gasteiger partial charge in [-0.2, -0.15) is 0 Å². The molecule has 1 aliphatic rings. The summed E-state index contributed by atoms with van der Waals surface area (Å²) in [6.07, 6.45) is 2.03. The summed E-state index contributed by atoms with van der Waals surface area (Å²) in [7, 11) is -3.13. The first-order chi connectivity index (χ1) is 11.5. The SMILES string of the molecule is O=C(NCCc1ccc2c(c1)CCCS2(=O)=O)c1ccc(F)cc1. The summed E-state index contributed by atoms with van der Waals surface area (Å²) in [5.74, 6) is -0.418. The van der Waals surface area contributed by atoms with Crippen molar-refractivity contribution in [2.45, 2.75) is 24.2 Å². The van der Waals surface area contributed by atoms with Crippen molar-refractivity contribution in [1.82, 2.24) is 5.32 Å². The Balaban J connectivity index is 1.61. The second kappa shape index (κ2) is 6.73. The second-order valence-corrected chi connectivity index (χ2v) is 7.95. The molecule has 126 valence electrons. The number of nitrogens with one attached hydrogen (secondary N) is 1. The first kappa shape index (κ1) is 16.6. The van der Waals surface area contributed by atoms with Crippen molar-refractivity contribution in [1.29, 1.82) is 0 Å². The molecule has 0 saturated carbocycles. The van der Waals surface area contributed by atoms with Gasteiger partial charge in [0.05, 0.1) is 10.6 Å². The summed E-state index contributed by atoms with van der Waals surface area (Å²) in [4.78, 5) is 12.4. The Hall–Kier alpha value is -2.21. The van der Waals surface area contributed by atoms with Crippen molar-refractivity contribution in [3.05, 3.63) is 65.0 Å². The highest BCUT2D eigenvalue weighted by molar-refractivity contribution is 7.91. The molecule has 0 unspecified atom stereocenters. The molecule has 0 radical (unpaired) electrons.